The minimum atomic E-state index is -4.53. The summed E-state index contributed by atoms with van der Waals surface area (Å²) in [5.74, 6) is -2.77. The molecule has 1 heterocycles. The highest BCUT2D eigenvalue weighted by atomic mass is 32.2. The van der Waals surface area contributed by atoms with Gasteiger partial charge in [-0.3, -0.25) is 4.72 Å². The van der Waals surface area contributed by atoms with Crippen molar-refractivity contribution in [2.75, 3.05) is 11.0 Å². The Labute approximate surface area is 125 Å². The van der Waals surface area contributed by atoms with Gasteiger partial charge in [0.05, 0.1) is 4.90 Å². The number of aromatic nitrogens is 1. The van der Waals surface area contributed by atoms with E-state index in [1.807, 2.05) is 4.72 Å². The van der Waals surface area contributed by atoms with Crippen LogP contribution in [-0.2, 0) is 19.9 Å². The number of benzene rings is 1. The maximum atomic E-state index is 13.5. The average Bonchev–Trinajstić information content (AvgIpc) is 2.37. The highest BCUT2D eigenvalue weighted by Gasteiger charge is 2.24. The number of hydrogen-bond donors (Lipinski definition) is 1. The van der Waals surface area contributed by atoms with Gasteiger partial charge in [0.2, 0.25) is 0 Å². The Hall–Kier alpha value is -2.07. The number of anilines is 1. The third-order valence-corrected chi connectivity index (χ3v) is 5.09. The van der Waals surface area contributed by atoms with Crippen LogP contribution in [0.4, 0.5) is 14.6 Å². The van der Waals surface area contributed by atoms with Crippen LogP contribution in [0.1, 0.15) is 0 Å². The van der Waals surface area contributed by atoms with Crippen molar-refractivity contribution in [3.8, 4) is 0 Å². The summed E-state index contributed by atoms with van der Waals surface area (Å²) in [6, 6.07) is 4.84. The summed E-state index contributed by atoms with van der Waals surface area (Å²) in [4.78, 5) is 2.35. The molecular weight excluding hydrogens is 338 g/mol. The van der Waals surface area contributed by atoms with Gasteiger partial charge in [-0.2, -0.15) is 0 Å². The Morgan fingerprint density at radius 3 is 2.05 bits per heavy atom. The Morgan fingerprint density at radius 1 is 1.00 bits per heavy atom. The molecule has 118 valence electrons. The zero-order valence-electron chi connectivity index (χ0n) is 11.1. The predicted molar refractivity (Wildman–Crippen MR) is 74.5 cm³/mol. The van der Waals surface area contributed by atoms with Crippen molar-refractivity contribution in [1.29, 1.82) is 0 Å². The molecule has 0 aliphatic rings. The zero-order chi connectivity index (χ0) is 16.5. The molecule has 1 N–H and O–H groups in total. The third kappa shape index (κ3) is 3.39. The van der Waals surface area contributed by atoms with Crippen LogP contribution in [0, 0.1) is 11.6 Å². The van der Waals surface area contributed by atoms with Gasteiger partial charge in [-0.05, 0) is 24.3 Å². The average molecular weight is 348 g/mol. The molecule has 0 amide bonds. The van der Waals surface area contributed by atoms with E-state index in [4.69, 9.17) is 0 Å². The molecule has 10 heteroatoms. The van der Waals surface area contributed by atoms with Crippen molar-refractivity contribution in [1.82, 2.24) is 4.98 Å². The molecule has 0 fully saturated rings. The van der Waals surface area contributed by atoms with Gasteiger partial charge in [0.15, 0.2) is 14.7 Å². The maximum absolute atomic E-state index is 13.5. The van der Waals surface area contributed by atoms with Crippen molar-refractivity contribution >= 4 is 25.7 Å². The van der Waals surface area contributed by atoms with Gasteiger partial charge in [0, 0.05) is 12.5 Å². The molecule has 1 aromatic heterocycles. The number of nitrogens with zero attached hydrogens (tertiary/aromatic N) is 1. The summed E-state index contributed by atoms with van der Waals surface area (Å²) in [6.07, 6.45) is 1.90. The van der Waals surface area contributed by atoms with E-state index in [9.17, 15) is 25.6 Å². The van der Waals surface area contributed by atoms with E-state index < -0.39 is 36.4 Å². The van der Waals surface area contributed by atoms with Crippen LogP contribution in [0.15, 0.2) is 46.3 Å². The monoisotopic (exact) mass is 348 g/mol. The van der Waals surface area contributed by atoms with Gasteiger partial charge in [-0.15, -0.1) is 0 Å². The number of nitrogens with one attached hydrogen (secondary N) is 1. The number of hydrogen-bond acceptors (Lipinski definition) is 5. The largest absolute Gasteiger partial charge is 0.268 e. The summed E-state index contributed by atoms with van der Waals surface area (Å²) in [6.45, 7) is 0. The number of sulfonamides is 1. The molecule has 22 heavy (non-hydrogen) atoms. The summed E-state index contributed by atoms with van der Waals surface area (Å²) >= 11 is 0. The lowest BCUT2D eigenvalue weighted by Crippen LogP contribution is -2.17. The molecule has 0 radical (unpaired) electrons. The molecule has 2 rings (SSSR count). The van der Waals surface area contributed by atoms with E-state index in [2.05, 4.69) is 4.98 Å². The van der Waals surface area contributed by atoms with Gasteiger partial charge in [0.1, 0.15) is 17.5 Å². The second-order valence-corrected chi connectivity index (χ2v) is 7.94. The van der Waals surface area contributed by atoms with Gasteiger partial charge in [0.25, 0.3) is 10.0 Å². The number of rotatable bonds is 4. The Morgan fingerprint density at radius 2 is 1.59 bits per heavy atom. The quantitative estimate of drug-likeness (QED) is 0.905. The van der Waals surface area contributed by atoms with E-state index in [-0.39, 0.29) is 10.7 Å². The number of sulfone groups is 1. The second-order valence-electron chi connectivity index (χ2n) is 4.31. The SMILES string of the molecule is CS(=O)(=O)c1ccc(NS(=O)(=O)c2c(F)cccc2F)nc1. The van der Waals surface area contributed by atoms with Gasteiger partial charge in [-0.25, -0.2) is 30.6 Å². The Balaban J connectivity index is 2.38. The van der Waals surface area contributed by atoms with Crippen molar-refractivity contribution in [3.63, 3.8) is 0 Å². The number of pyridine rings is 1. The predicted octanol–water partition coefficient (Wildman–Crippen LogP) is 1.56. The standard InChI is InChI=1S/C12H10F2N2O4S2/c1-21(17,18)8-5-6-11(15-7-8)16-22(19,20)12-9(13)3-2-4-10(12)14/h2-7H,1H3,(H,15,16). The smallest absolute Gasteiger partial charge is 0.263 e. The van der Waals surface area contributed by atoms with Crippen LogP contribution in [0.3, 0.4) is 0 Å². The van der Waals surface area contributed by atoms with Crippen molar-refractivity contribution < 1.29 is 25.6 Å². The van der Waals surface area contributed by atoms with Crippen molar-refractivity contribution in [2.24, 2.45) is 0 Å². The van der Waals surface area contributed by atoms with Crippen LogP contribution < -0.4 is 4.72 Å². The summed E-state index contributed by atoms with van der Waals surface area (Å²) in [5.41, 5.74) is 0. The lowest BCUT2D eigenvalue weighted by Gasteiger charge is -2.09. The molecule has 1 aromatic carbocycles. The molecule has 0 aliphatic carbocycles. The minimum Gasteiger partial charge on any atom is -0.263 e. The highest BCUT2D eigenvalue weighted by Crippen LogP contribution is 2.21. The summed E-state index contributed by atoms with van der Waals surface area (Å²) < 4.78 is 75.4. The lowest BCUT2D eigenvalue weighted by molar-refractivity contribution is 0.521. The molecular formula is C12H10F2N2O4S2. The third-order valence-electron chi connectivity index (χ3n) is 2.59. The molecule has 0 unspecified atom stereocenters. The molecule has 2 aromatic rings. The second kappa shape index (κ2) is 5.61. The first-order valence-corrected chi connectivity index (χ1v) is 9.12. The maximum Gasteiger partial charge on any atom is 0.268 e. The zero-order valence-corrected chi connectivity index (χ0v) is 12.7. The van der Waals surface area contributed by atoms with Gasteiger partial charge in [-0.1, -0.05) is 6.07 Å². The minimum absolute atomic E-state index is 0.118. The molecule has 0 atom stereocenters. The molecule has 0 saturated heterocycles. The van der Waals surface area contributed by atoms with Gasteiger partial charge < -0.3 is 0 Å². The van der Waals surface area contributed by atoms with E-state index in [1.54, 1.807) is 0 Å². The summed E-state index contributed by atoms with van der Waals surface area (Å²) in [5, 5.41) is 0. The first kappa shape index (κ1) is 16.3. The van der Waals surface area contributed by atoms with Crippen molar-refractivity contribution in [3.05, 3.63) is 48.2 Å². The Bertz CT molecular complexity index is 890. The van der Waals surface area contributed by atoms with Crippen LogP contribution in [0.25, 0.3) is 0 Å². The van der Waals surface area contributed by atoms with Crippen molar-refractivity contribution in [2.45, 2.75) is 9.79 Å². The first-order chi connectivity index (χ1) is 10.1. The van der Waals surface area contributed by atoms with E-state index >= 15 is 0 Å². The number of halogens is 2. The fraction of sp³-hybridized carbons (Fsp3) is 0.0833. The summed E-state index contributed by atoms with van der Waals surface area (Å²) in [7, 11) is -8.02. The molecule has 6 nitrogen and oxygen atoms in total. The van der Waals surface area contributed by atoms with Crippen LogP contribution in [-0.4, -0.2) is 28.1 Å². The van der Waals surface area contributed by atoms with Crippen LogP contribution >= 0.6 is 0 Å². The highest BCUT2D eigenvalue weighted by molar-refractivity contribution is 7.92. The molecule has 0 saturated carbocycles. The topological polar surface area (TPSA) is 93.2 Å². The Kier molecular flexibility index (Phi) is 4.16. The van der Waals surface area contributed by atoms with Gasteiger partial charge >= 0.3 is 0 Å². The van der Waals surface area contributed by atoms with E-state index in [0.717, 1.165) is 42.8 Å². The normalized spacial score (nSPS) is 12.1. The molecule has 0 bridgehead atoms. The first-order valence-electron chi connectivity index (χ1n) is 5.74. The van der Waals surface area contributed by atoms with Crippen LogP contribution in [0.2, 0.25) is 0 Å². The fourth-order valence-electron chi connectivity index (χ4n) is 1.59. The molecule has 0 spiro atoms. The van der Waals surface area contributed by atoms with E-state index in [1.165, 1.54) is 0 Å². The van der Waals surface area contributed by atoms with E-state index in [0.29, 0.717) is 0 Å². The fourth-order valence-corrected chi connectivity index (χ4v) is 3.30. The van der Waals surface area contributed by atoms with Crippen LogP contribution in [0.5, 0.6) is 0 Å². The lowest BCUT2D eigenvalue weighted by atomic mass is 10.3. The molecule has 0 aliphatic heterocycles.